The fourth-order valence-corrected chi connectivity index (χ4v) is 1.72. The van der Waals surface area contributed by atoms with Gasteiger partial charge in [0.25, 0.3) is 0 Å². The molecular formula is C11H7F6N3S. The zero-order chi connectivity index (χ0) is 16.3. The molecule has 21 heavy (non-hydrogen) atoms. The molecule has 1 N–H and O–H groups in total. The first-order chi connectivity index (χ1) is 9.59. The second-order valence-corrected chi connectivity index (χ2v) is 4.38. The Hall–Kier alpha value is -1.89. The largest absolute Gasteiger partial charge is 0.417 e. The highest BCUT2D eigenvalue weighted by atomic mass is 32.2. The number of aliphatic imine (C=N–C) groups is 1. The summed E-state index contributed by atoms with van der Waals surface area (Å²) in [6.07, 6.45) is -7.28. The third-order valence-corrected chi connectivity index (χ3v) is 2.78. The summed E-state index contributed by atoms with van der Waals surface area (Å²) in [6.45, 7) is 0. The Morgan fingerprint density at radius 3 is 2.14 bits per heavy atom. The lowest BCUT2D eigenvalue weighted by Crippen LogP contribution is -2.16. The van der Waals surface area contributed by atoms with Crippen LogP contribution in [0.15, 0.2) is 23.2 Å². The summed E-state index contributed by atoms with van der Waals surface area (Å²) in [5, 5.41) is 10.5. The van der Waals surface area contributed by atoms with Crippen LogP contribution in [0, 0.1) is 11.5 Å². The maximum Gasteiger partial charge on any atom is 0.417 e. The van der Waals surface area contributed by atoms with Gasteiger partial charge in [0.1, 0.15) is 0 Å². The van der Waals surface area contributed by atoms with Gasteiger partial charge in [0.05, 0.1) is 16.8 Å². The molecule has 0 unspecified atom stereocenters. The van der Waals surface area contributed by atoms with E-state index in [1.54, 1.807) is 0 Å². The van der Waals surface area contributed by atoms with Crippen molar-refractivity contribution in [2.75, 3.05) is 6.26 Å². The highest BCUT2D eigenvalue weighted by molar-refractivity contribution is 8.13. The molecule has 0 aliphatic carbocycles. The first-order valence-corrected chi connectivity index (χ1v) is 6.38. The fraction of sp³-hybridized carbons (Fsp3) is 0.273. The summed E-state index contributed by atoms with van der Waals surface area (Å²) in [4.78, 5) is 3.64. The van der Waals surface area contributed by atoms with Gasteiger partial charge in [-0.3, -0.25) is 5.32 Å². The zero-order valence-electron chi connectivity index (χ0n) is 10.3. The minimum atomic E-state index is -5.17. The van der Waals surface area contributed by atoms with Crippen LogP contribution in [0.3, 0.4) is 0 Å². The van der Waals surface area contributed by atoms with E-state index < -0.39 is 23.5 Å². The van der Waals surface area contributed by atoms with Gasteiger partial charge in [0, 0.05) is 0 Å². The lowest BCUT2D eigenvalue weighted by atomic mass is 10.1. The Morgan fingerprint density at radius 2 is 1.71 bits per heavy atom. The van der Waals surface area contributed by atoms with Crippen LogP contribution in [0.4, 0.5) is 32.0 Å². The van der Waals surface area contributed by atoms with Gasteiger partial charge in [-0.2, -0.15) is 31.6 Å². The lowest BCUT2D eigenvalue weighted by Gasteiger charge is -2.15. The molecule has 0 aliphatic rings. The van der Waals surface area contributed by atoms with Crippen LogP contribution in [0.25, 0.3) is 0 Å². The average Bonchev–Trinajstić information content (AvgIpc) is 2.35. The Bertz CT molecular complexity index is 585. The normalized spacial score (nSPS) is 13.0. The predicted octanol–water partition coefficient (Wildman–Crippen LogP) is 4.15. The summed E-state index contributed by atoms with van der Waals surface area (Å²) in [5.41, 5.74) is -3.95. The number of thioether (sulfide) groups is 1. The van der Waals surface area contributed by atoms with E-state index in [0.29, 0.717) is 6.07 Å². The Labute approximate surface area is 119 Å². The average molecular weight is 327 g/mol. The van der Waals surface area contributed by atoms with Crippen molar-refractivity contribution in [1.82, 2.24) is 5.32 Å². The molecule has 1 aromatic rings. The van der Waals surface area contributed by atoms with Crippen molar-refractivity contribution in [3.8, 4) is 6.19 Å². The molecule has 0 heterocycles. The van der Waals surface area contributed by atoms with E-state index in [4.69, 9.17) is 5.26 Å². The number of rotatable bonds is 1. The number of nitriles is 1. The van der Waals surface area contributed by atoms with E-state index >= 15 is 0 Å². The molecule has 114 valence electrons. The van der Waals surface area contributed by atoms with Gasteiger partial charge in [0.2, 0.25) is 0 Å². The summed E-state index contributed by atoms with van der Waals surface area (Å²) in [5.74, 6) is 0. The molecule has 0 fully saturated rings. The van der Waals surface area contributed by atoms with Crippen molar-refractivity contribution in [1.29, 1.82) is 5.26 Å². The SMILES string of the molecule is CSC(=Nc1ccc(C(F)(F)F)c(C(F)(F)F)c1)NC#N. The van der Waals surface area contributed by atoms with Crippen LogP contribution >= 0.6 is 11.8 Å². The van der Waals surface area contributed by atoms with E-state index in [1.165, 1.54) is 12.4 Å². The Balaban J connectivity index is 3.39. The topological polar surface area (TPSA) is 48.2 Å². The molecule has 10 heteroatoms. The molecule has 1 rings (SSSR count). The van der Waals surface area contributed by atoms with Crippen molar-refractivity contribution < 1.29 is 26.3 Å². The summed E-state index contributed by atoms with van der Waals surface area (Å²) >= 11 is 0.925. The van der Waals surface area contributed by atoms with Gasteiger partial charge >= 0.3 is 12.4 Å². The summed E-state index contributed by atoms with van der Waals surface area (Å²) in [6, 6.07) is 1.40. The number of nitrogens with zero attached hydrogens (tertiary/aromatic N) is 2. The third kappa shape index (κ3) is 4.56. The van der Waals surface area contributed by atoms with E-state index in [9.17, 15) is 26.3 Å². The first kappa shape index (κ1) is 17.2. The van der Waals surface area contributed by atoms with Crippen LogP contribution in [0.1, 0.15) is 11.1 Å². The molecule has 3 nitrogen and oxygen atoms in total. The van der Waals surface area contributed by atoms with Crippen molar-refractivity contribution in [3.63, 3.8) is 0 Å². The Morgan fingerprint density at radius 1 is 1.14 bits per heavy atom. The fourth-order valence-electron chi connectivity index (χ4n) is 1.37. The van der Waals surface area contributed by atoms with E-state index in [1.807, 2.05) is 0 Å². The second-order valence-electron chi connectivity index (χ2n) is 3.58. The zero-order valence-corrected chi connectivity index (χ0v) is 11.1. The van der Waals surface area contributed by atoms with Gasteiger partial charge in [-0.25, -0.2) is 4.99 Å². The van der Waals surface area contributed by atoms with Crippen molar-refractivity contribution >= 4 is 22.6 Å². The highest BCUT2D eigenvalue weighted by Crippen LogP contribution is 2.41. The molecular weight excluding hydrogens is 320 g/mol. The maximum absolute atomic E-state index is 12.7. The smallest absolute Gasteiger partial charge is 0.271 e. The van der Waals surface area contributed by atoms with Crippen molar-refractivity contribution in [2.24, 2.45) is 4.99 Å². The summed E-state index contributed by atoms with van der Waals surface area (Å²) in [7, 11) is 0. The molecule has 0 aliphatic heterocycles. The van der Waals surface area contributed by atoms with E-state index in [-0.39, 0.29) is 16.9 Å². The van der Waals surface area contributed by atoms with Crippen LogP contribution in [0.2, 0.25) is 0 Å². The summed E-state index contributed by atoms with van der Waals surface area (Å²) < 4.78 is 75.8. The molecule has 0 bridgehead atoms. The van der Waals surface area contributed by atoms with Gasteiger partial charge in [0.15, 0.2) is 11.4 Å². The van der Waals surface area contributed by atoms with Crippen LogP contribution in [-0.2, 0) is 12.4 Å². The minimum Gasteiger partial charge on any atom is -0.271 e. The monoisotopic (exact) mass is 327 g/mol. The standard InChI is InChI=1S/C11H7F6N3S/c1-21-9(19-5-18)20-6-2-3-7(10(12,13)14)8(4-6)11(15,16)17/h2-4H,1H3,(H,19,20). The van der Waals surface area contributed by atoms with E-state index in [0.717, 1.165) is 17.8 Å². The molecule has 0 amide bonds. The van der Waals surface area contributed by atoms with Gasteiger partial charge in [-0.1, -0.05) is 11.8 Å². The lowest BCUT2D eigenvalue weighted by molar-refractivity contribution is -0.162. The molecule has 0 saturated heterocycles. The molecule has 1 aromatic carbocycles. The third-order valence-electron chi connectivity index (χ3n) is 2.20. The molecule has 0 radical (unpaired) electrons. The highest BCUT2D eigenvalue weighted by Gasteiger charge is 2.43. The number of hydrogen-bond acceptors (Lipinski definition) is 3. The Kier molecular flexibility index (Phi) is 5.11. The van der Waals surface area contributed by atoms with Gasteiger partial charge in [-0.15, -0.1) is 0 Å². The predicted molar refractivity (Wildman–Crippen MR) is 65.8 cm³/mol. The van der Waals surface area contributed by atoms with Gasteiger partial charge in [-0.05, 0) is 24.5 Å². The minimum absolute atomic E-state index is 0.0367. The van der Waals surface area contributed by atoms with Crippen molar-refractivity contribution in [2.45, 2.75) is 12.4 Å². The van der Waals surface area contributed by atoms with Crippen molar-refractivity contribution in [3.05, 3.63) is 29.3 Å². The number of hydrogen-bond donors (Lipinski definition) is 1. The molecule has 0 aromatic heterocycles. The molecule has 0 atom stereocenters. The van der Waals surface area contributed by atoms with E-state index in [2.05, 4.69) is 10.3 Å². The first-order valence-electron chi connectivity index (χ1n) is 5.16. The number of halogens is 6. The number of alkyl halides is 6. The number of nitrogens with one attached hydrogen (secondary N) is 1. The molecule has 0 saturated carbocycles. The maximum atomic E-state index is 12.7. The quantitative estimate of drug-likeness (QED) is 0.277. The van der Waals surface area contributed by atoms with Crippen LogP contribution < -0.4 is 5.32 Å². The number of benzene rings is 1. The molecule has 0 spiro atoms. The van der Waals surface area contributed by atoms with Crippen LogP contribution in [0.5, 0.6) is 0 Å². The number of amidine groups is 1. The second kappa shape index (κ2) is 6.26. The van der Waals surface area contributed by atoms with Crippen LogP contribution in [-0.4, -0.2) is 11.4 Å². The van der Waals surface area contributed by atoms with Gasteiger partial charge < -0.3 is 0 Å².